The maximum Gasteiger partial charge on any atom is 0.0178 e. The predicted octanol–water partition coefficient (Wildman–Crippen LogP) is 5.85. The van der Waals surface area contributed by atoms with E-state index in [1.807, 2.05) is 0 Å². The zero-order valence-corrected chi connectivity index (χ0v) is 13.3. The third-order valence-corrected chi connectivity index (χ3v) is 4.84. The molecule has 0 amide bonds. The van der Waals surface area contributed by atoms with Crippen LogP contribution in [0.2, 0.25) is 0 Å². The van der Waals surface area contributed by atoms with Crippen LogP contribution in [-0.2, 0) is 0 Å². The van der Waals surface area contributed by atoms with Gasteiger partial charge in [-0.1, -0.05) is 57.0 Å². The molecule has 0 radical (unpaired) electrons. The Hall–Kier alpha value is -0.600. The Morgan fingerprint density at radius 2 is 1.56 bits per heavy atom. The van der Waals surface area contributed by atoms with E-state index >= 15 is 0 Å². The summed E-state index contributed by atoms with van der Waals surface area (Å²) >= 11 is 7.09. The zero-order chi connectivity index (χ0) is 12.7. The van der Waals surface area contributed by atoms with Crippen molar-refractivity contribution in [2.24, 2.45) is 0 Å². The second-order valence-electron chi connectivity index (χ2n) is 5.01. The van der Waals surface area contributed by atoms with Gasteiger partial charge in [-0.3, -0.25) is 0 Å². The Morgan fingerprint density at radius 3 is 2.28 bits per heavy atom. The van der Waals surface area contributed by atoms with Crippen LogP contribution in [0.15, 0.2) is 51.4 Å². The highest BCUT2D eigenvalue weighted by molar-refractivity contribution is 9.10. The molecule has 18 heavy (non-hydrogen) atoms. The first-order valence-electron chi connectivity index (χ1n) is 6.20. The van der Waals surface area contributed by atoms with Gasteiger partial charge in [0.05, 0.1) is 0 Å². The predicted molar refractivity (Wildman–Crippen MR) is 83.2 cm³/mol. The maximum atomic E-state index is 3.59. The van der Waals surface area contributed by atoms with Crippen molar-refractivity contribution in [2.45, 2.75) is 25.2 Å². The summed E-state index contributed by atoms with van der Waals surface area (Å²) in [5, 5.41) is 0. The molecule has 2 heteroatoms. The standard InChI is InChI=1S/C16H14Br2/c1-10-8-15(11-2-4-12(17)5-3-11)16-9-13(18)6-7-14(10)16/h2-7,9-10,15H,8H2,1H3. The monoisotopic (exact) mass is 364 g/mol. The number of hydrogen-bond donors (Lipinski definition) is 0. The highest BCUT2D eigenvalue weighted by Gasteiger charge is 2.29. The lowest BCUT2D eigenvalue weighted by Crippen LogP contribution is -1.95. The summed E-state index contributed by atoms with van der Waals surface area (Å²) in [5.41, 5.74) is 4.41. The van der Waals surface area contributed by atoms with Crippen LogP contribution in [0.1, 0.15) is 41.9 Å². The summed E-state index contributed by atoms with van der Waals surface area (Å²) in [6.07, 6.45) is 1.22. The fourth-order valence-corrected chi connectivity index (χ4v) is 3.56. The van der Waals surface area contributed by atoms with Crippen LogP contribution in [0, 0.1) is 0 Å². The van der Waals surface area contributed by atoms with Crippen LogP contribution in [0.5, 0.6) is 0 Å². The molecule has 0 fully saturated rings. The molecule has 0 saturated carbocycles. The lowest BCUT2D eigenvalue weighted by atomic mass is 9.93. The van der Waals surface area contributed by atoms with Gasteiger partial charge in [0.15, 0.2) is 0 Å². The minimum atomic E-state index is 0.542. The van der Waals surface area contributed by atoms with E-state index in [9.17, 15) is 0 Å². The molecule has 2 unspecified atom stereocenters. The first-order chi connectivity index (χ1) is 8.65. The number of fused-ring (bicyclic) bond motifs is 1. The van der Waals surface area contributed by atoms with Crippen molar-refractivity contribution in [1.82, 2.24) is 0 Å². The summed E-state index contributed by atoms with van der Waals surface area (Å²) in [6, 6.07) is 15.4. The molecule has 92 valence electrons. The molecular weight excluding hydrogens is 352 g/mol. The van der Waals surface area contributed by atoms with Gasteiger partial charge < -0.3 is 0 Å². The minimum Gasteiger partial charge on any atom is -0.0584 e. The normalized spacial score (nSPS) is 21.9. The Balaban J connectivity index is 2.06. The van der Waals surface area contributed by atoms with Crippen molar-refractivity contribution in [3.05, 3.63) is 68.1 Å². The van der Waals surface area contributed by atoms with Crippen molar-refractivity contribution in [3.63, 3.8) is 0 Å². The van der Waals surface area contributed by atoms with Gasteiger partial charge in [0, 0.05) is 14.9 Å². The lowest BCUT2D eigenvalue weighted by molar-refractivity contribution is 0.686. The third kappa shape index (κ3) is 2.17. The number of rotatable bonds is 1. The van der Waals surface area contributed by atoms with E-state index in [1.165, 1.54) is 27.6 Å². The van der Waals surface area contributed by atoms with Gasteiger partial charge in [-0.2, -0.15) is 0 Å². The average Bonchev–Trinajstić information content (AvgIpc) is 2.67. The summed E-state index contributed by atoms with van der Waals surface area (Å²) in [7, 11) is 0. The molecule has 0 N–H and O–H groups in total. The first kappa shape index (κ1) is 12.4. The van der Waals surface area contributed by atoms with Crippen molar-refractivity contribution in [3.8, 4) is 0 Å². The number of hydrogen-bond acceptors (Lipinski definition) is 0. The van der Waals surface area contributed by atoms with Crippen molar-refractivity contribution in [2.75, 3.05) is 0 Å². The van der Waals surface area contributed by atoms with Gasteiger partial charge in [0.2, 0.25) is 0 Å². The van der Waals surface area contributed by atoms with E-state index in [1.54, 1.807) is 0 Å². The van der Waals surface area contributed by atoms with E-state index in [0.29, 0.717) is 11.8 Å². The van der Waals surface area contributed by atoms with E-state index in [2.05, 4.69) is 81.2 Å². The quantitative estimate of drug-likeness (QED) is 0.594. The Kier molecular flexibility index (Phi) is 3.33. The highest BCUT2D eigenvalue weighted by Crippen LogP contribution is 2.45. The summed E-state index contributed by atoms with van der Waals surface area (Å²) in [5.74, 6) is 1.20. The van der Waals surface area contributed by atoms with Crippen LogP contribution >= 0.6 is 31.9 Å². The summed E-state index contributed by atoms with van der Waals surface area (Å²) in [6.45, 7) is 2.32. The molecule has 2 aromatic carbocycles. The fraction of sp³-hybridized carbons (Fsp3) is 0.250. The molecule has 0 heterocycles. The van der Waals surface area contributed by atoms with Crippen LogP contribution in [-0.4, -0.2) is 0 Å². The molecule has 2 aromatic rings. The first-order valence-corrected chi connectivity index (χ1v) is 7.78. The SMILES string of the molecule is CC1CC(c2ccc(Br)cc2)c2cc(Br)ccc21. The number of benzene rings is 2. The Morgan fingerprint density at radius 1 is 0.889 bits per heavy atom. The third-order valence-electron chi connectivity index (χ3n) is 3.82. The van der Waals surface area contributed by atoms with E-state index < -0.39 is 0 Å². The largest absolute Gasteiger partial charge is 0.0584 e. The van der Waals surface area contributed by atoms with Gasteiger partial charge >= 0.3 is 0 Å². The van der Waals surface area contributed by atoms with Gasteiger partial charge in [0.1, 0.15) is 0 Å². The molecule has 1 aliphatic carbocycles. The molecule has 2 atom stereocenters. The van der Waals surface area contributed by atoms with Crippen molar-refractivity contribution >= 4 is 31.9 Å². The maximum absolute atomic E-state index is 3.59. The molecule has 0 nitrogen and oxygen atoms in total. The van der Waals surface area contributed by atoms with Crippen molar-refractivity contribution < 1.29 is 0 Å². The Bertz CT molecular complexity index is 572. The molecule has 0 spiro atoms. The molecule has 0 aliphatic heterocycles. The second-order valence-corrected chi connectivity index (χ2v) is 6.85. The molecule has 3 rings (SSSR count). The molecular formula is C16H14Br2. The van der Waals surface area contributed by atoms with Crippen LogP contribution in [0.3, 0.4) is 0 Å². The average molecular weight is 366 g/mol. The summed E-state index contributed by atoms with van der Waals surface area (Å²) < 4.78 is 2.32. The fourth-order valence-electron chi connectivity index (χ4n) is 2.91. The van der Waals surface area contributed by atoms with E-state index in [-0.39, 0.29) is 0 Å². The second kappa shape index (κ2) is 4.82. The van der Waals surface area contributed by atoms with E-state index in [0.717, 1.165) is 4.47 Å². The van der Waals surface area contributed by atoms with Gasteiger partial charge in [0.25, 0.3) is 0 Å². The molecule has 0 aromatic heterocycles. The lowest BCUT2D eigenvalue weighted by Gasteiger charge is -2.12. The smallest absolute Gasteiger partial charge is 0.0178 e. The van der Waals surface area contributed by atoms with Gasteiger partial charge in [-0.05, 0) is 53.3 Å². The van der Waals surface area contributed by atoms with Gasteiger partial charge in [-0.15, -0.1) is 0 Å². The molecule has 0 bridgehead atoms. The molecule has 0 saturated heterocycles. The van der Waals surface area contributed by atoms with Gasteiger partial charge in [-0.25, -0.2) is 0 Å². The van der Waals surface area contributed by atoms with Crippen LogP contribution in [0.4, 0.5) is 0 Å². The number of halogens is 2. The van der Waals surface area contributed by atoms with Crippen LogP contribution < -0.4 is 0 Å². The van der Waals surface area contributed by atoms with Crippen molar-refractivity contribution in [1.29, 1.82) is 0 Å². The minimum absolute atomic E-state index is 0.542. The highest BCUT2D eigenvalue weighted by atomic mass is 79.9. The zero-order valence-electron chi connectivity index (χ0n) is 10.2. The topological polar surface area (TPSA) is 0 Å². The molecule has 1 aliphatic rings. The summed E-state index contributed by atoms with van der Waals surface area (Å²) in [4.78, 5) is 0. The van der Waals surface area contributed by atoms with E-state index in [4.69, 9.17) is 0 Å². The Labute approximate surface area is 125 Å². The van der Waals surface area contributed by atoms with Crippen LogP contribution in [0.25, 0.3) is 0 Å².